The Morgan fingerprint density at radius 1 is 1.20 bits per heavy atom. The number of fused-ring (bicyclic) bond motifs is 1. The first-order chi connectivity index (χ1) is 9.81. The van der Waals surface area contributed by atoms with Crippen molar-refractivity contribution in [3.05, 3.63) is 36.5 Å². The van der Waals surface area contributed by atoms with Gasteiger partial charge < -0.3 is 4.74 Å². The third-order valence-corrected chi connectivity index (χ3v) is 3.68. The number of pyridine rings is 1. The highest BCUT2D eigenvalue weighted by Gasteiger charge is 2.17. The van der Waals surface area contributed by atoms with Crippen LogP contribution in [0.5, 0.6) is 0 Å². The predicted molar refractivity (Wildman–Crippen MR) is 78.7 cm³/mol. The highest BCUT2D eigenvalue weighted by atomic mass is 16.6. The Hall–Kier alpha value is -2.10. The second-order valence-electron chi connectivity index (χ2n) is 5.20. The molecule has 1 aromatic carbocycles. The van der Waals surface area contributed by atoms with Gasteiger partial charge in [-0.25, -0.2) is 4.79 Å². The third-order valence-electron chi connectivity index (χ3n) is 3.68. The highest BCUT2D eigenvalue weighted by Crippen LogP contribution is 2.21. The van der Waals surface area contributed by atoms with E-state index >= 15 is 0 Å². The summed E-state index contributed by atoms with van der Waals surface area (Å²) < 4.78 is 5.44. The average molecular weight is 270 g/mol. The first-order valence-corrected chi connectivity index (χ1v) is 7.14. The zero-order valence-corrected chi connectivity index (χ0v) is 11.3. The molecular formula is C16H18N2O2. The quantitative estimate of drug-likeness (QED) is 0.893. The lowest BCUT2D eigenvalue weighted by Gasteiger charge is -2.21. The summed E-state index contributed by atoms with van der Waals surface area (Å²) in [7, 11) is 0. The second kappa shape index (κ2) is 5.90. The van der Waals surface area contributed by atoms with Crippen LogP contribution >= 0.6 is 0 Å². The second-order valence-corrected chi connectivity index (χ2v) is 5.20. The first kappa shape index (κ1) is 12.9. The molecule has 1 aliphatic carbocycles. The van der Waals surface area contributed by atoms with Crippen LogP contribution in [0, 0.1) is 0 Å². The number of anilines is 1. The number of carbonyl (C=O) groups excluding carboxylic acids is 1. The van der Waals surface area contributed by atoms with Gasteiger partial charge in [0.25, 0.3) is 0 Å². The summed E-state index contributed by atoms with van der Waals surface area (Å²) in [5.74, 6) is 0. The largest absolute Gasteiger partial charge is 0.446 e. The lowest BCUT2D eigenvalue weighted by Crippen LogP contribution is -2.24. The predicted octanol–water partition coefficient (Wildman–Crippen LogP) is 4.12. The van der Waals surface area contributed by atoms with Gasteiger partial charge in [0.1, 0.15) is 6.10 Å². The maximum atomic E-state index is 11.9. The Labute approximate surface area is 118 Å². The molecule has 1 heterocycles. The molecule has 1 N–H and O–H groups in total. The molecule has 4 heteroatoms. The number of hydrogen-bond acceptors (Lipinski definition) is 3. The molecular weight excluding hydrogens is 252 g/mol. The van der Waals surface area contributed by atoms with Gasteiger partial charge in [-0.1, -0.05) is 18.6 Å². The Morgan fingerprint density at radius 3 is 2.90 bits per heavy atom. The van der Waals surface area contributed by atoms with E-state index in [0.29, 0.717) is 0 Å². The Balaban J connectivity index is 1.64. The Bertz CT molecular complexity index is 606. The minimum atomic E-state index is -0.368. The summed E-state index contributed by atoms with van der Waals surface area (Å²) in [4.78, 5) is 16.1. The zero-order chi connectivity index (χ0) is 13.8. The molecule has 0 spiro atoms. The SMILES string of the molecule is O=C(Nc1ccc2cccnc2c1)OC1CCCCC1. The van der Waals surface area contributed by atoms with Crippen LogP contribution in [0.3, 0.4) is 0 Å². The fourth-order valence-corrected chi connectivity index (χ4v) is 2.63. The molecule has 0 unspecified atom stereocenters. The van der Waals surface area contributed by atoms with Crippen LogP contribution in [0.1, 0.15) is 32.1 Å². The van der Waals surface area contributed by atoms with Crippen LogP contribution < -0.4 is 5.32 Å². The van der Waals surface area contributed by atoms with Gasteiger partial charge in [0.2, 0.25) is 0 Å². The summed E-state index contributed by atoms with van der Waals surface area (Å²) in [5, 5.41) is 3.83. The van der Waals surface area contributed by atoms with E-state index in [0.717, 1.165) is 42.3 Å². The fraction of sp³-hybridized carbons (Fsp3) is 0.375. The monoisotopic (exact) mass is 270 g/mol. The summed E-state index contributed by atoms with van der Waals surface area (Å²) in [5.41, 5.74) is 1.58. The number of benzene rings is 1. The van der Waals surface area contributed by atoms with Crippen LogP contribution in [0.15, 0.2) is 36.5 Å². The molecule has 1 saturated carbocycles. The lowest BCUT2D eigenvalue weighted by molar-refractivity contribution is 0.0865. The maximum Gasteiger partial charge on any atom is 0.411 e. The van der Waals surface area contributed by atoms with Crippen molar-refractivity contribution >= 4 is 22.7 Å². The van der Waals surface area contributed by atoms with E-state index in [1.54, 1.807) is 6.20 Å². The number of hydrogen-bond donors (Lipinski definition) is 1. The van der Waals surface area contributed by atoms with Crippen molar-refractivity contribution in [2.75, 3.05) is 5.32 Å². The lowest BCUT2D eigenvalue weighted by atomic mass is 9.98. The Kier molecular flexibility index (Phi) is 3.81. The van der Waals surface area contributed by atoms with E-state index in [1.807, 2.05) is 30.3 Å². The van der Waals surface area contributed by atoms with Crippen molar-refractivity contribution in [3.8, 4) is 0 Å². The van der Waals surface area contributed by atoms with Crippen LogP contribution in [0.2, 0.25) is 0 Å². The molecule has 1 aromatic heterocycles. The standard InChI is InChI=1S/C16H18N2O2/c19-16(20-14-6-2-1-3-7-14)18-13-9-8-12-5-4-10-17-15(12)11-13/h4-5,8-11,14H,1-3,6-7H2,(H,18,19). The van der Waals surface area contributed by atoms with Gasteiger partial charge in [0.15, 0.2) is 0 Å². The molecule has 0 saturated heterocycles. The van der Waals surface area contributed by atoms with Gasteiger partial charge in [-0.05, 0) is 43.9 Å². The van der Waals surface area contributed by atoms with Gasteiger partial charge in [-0.2, -0.15) is 0 Å². The van der Waals surface area contributed by atoms with E-state index in [4.69, 9.17) is 4.74 Å². The fourth-order valence-electron chi connectivity index (χ4n) is 2.63. The van der Waals surface area contributed by atoms with Crippen molar-refractivity contribution in [2.45, 2.75) is 38.2 Å². The van der Waals surface area contributed by atoms with Crippen LogP contribution in [-0.2, 0) is 4.74 Å². The normalized spacial score (nSPS) is 16.0. The Morgan fingerprint density at radius 2 is 2.05 bits per heavy atom. The van der Waals surface area contributed by atoms with Crippen LogP contribution in [0.25, 0.3) is 10.9 Å². The molecule has 0 atom stereocenters. The molecule has 1 fully saturated rings. The van der Waals surface area contributed by atoms with Gasteiger partial charge in [-0.15, -0.1) is 0 Å². The number of ether oxygens (including phenoxy) is 1. The molecule has 2 aromatic rings. The van der Waals surface area contributed by atoms with Gasteiger partial charge in [0, 0.05) is 17.3 Å². The van der Waals surface area contributed by atoms with E-state index in [2.05, 4.69) is 10.3 Å². The van der Waals surface area contributed by atoms with Crippen molar-refractivity contribution in [1.29, 1.82) is 0 Å². The number of nitrogens with zero attached hydrogens (tertiary/aromatic N) is 1. The topological polar surface area (TPSA) is 51.2 Å². The van der Waals surface area contributed by atoms with Gasteiger partial charge >= 0.3 is 6.09 Å². The molecule has 104 valence electrons. The van der Waals surface area contributed by atoms with E-state index < -0.39 is 0 Å². The summed E-state index contributed by atoms with van der Waals surface area (Å²) in [6, 6.07) is 9.56. The number of carbonyl (C=O) groups is 1. The molecule has 0 aliphatic heterocycles. The average Bonchev–Trinajstić information content (AvgIpc) is 2.48. The number of aromatic nitrogens is 1. The first-order valence-electron chi connectivity index (χ1n) is 7.14. The van der Waals surface area contributed by atoms with Crippen LogP contribution in [0.4, 0.5) is 10.5 Å². The highest BCUT2D eigenvalue weighted by molar-refractivity contribution is 5.89. The smallest absolute Gasteiger partial charge is 0.411 e. The summed E-state index contributed by atoms with van der Waals surface area (Å²) >= 11 is 0. The van der Waals surface area contributed by atoms with Gasteiger partial charge in [-0.3, -0.25) is 10.3 Å². The zero-order valence-electron chi connectivity index (χ0n) is 11.3. The van der Waals surface area contributed by atoms with Crippen LogP contribution in [-0.4, -0.2) is 17.2 Å². The molecule has 0 radical (unpaired) electrons. The number of nitrogens with one attached hydrogen (secondary N) is 1. The van der Waals surface area contributed by atoms with Gasteiger partial charge in [0.05, 0.1) is 5.52 Å². The van der Waals surface area contributed by atoms with Crippen molar-refractivity contribution in [3.63, 3.8) is 0 Å². The number of amides is 1. The van der Waals surface area contributed by atoms with E-state index in [9.17, 15) is 4.79 Å². The summed E-state index contributed by atoms with van der Waals surface area (Å²) in [6.07, 6.45) is 6.95. The summed E-state index contributed by atoms with van der Waals surface area (Å²) in [6.45, 7) is 0. The van der Waals surface area contributed by atoms with E-state index in [1.165, 1.54) is 6.42 Å². The minimum Gasteiger partial charge on any atom is -0.446 e. The number of rotatable bonds is 2. The third kappa shape index (κ3) is 3.07. The van der Waals surface area contributed by atoms with Crippen molar-refractivity contribution in [1.82, 2.24) is 4.98 Å². The minimum absolute atomic E-state index is 0.0716. The molecule has 4 nitrogen and oxygen atoms in total. The molecule has 0 bridgehead atoms. The maximum absolute atomic E-state index is 11.9. The van der Waals surface area contributed by atoms with E-state index in [-0.39, 0.29) is 12.2 Å². The molecule has 1 aliphatic rings. The van der Waals surface area contributed by atoms with Crippen molar-refractivity contribution < 1.29 is 9.53 Å². The molecule has 20 heavy (non-hydrogen) atoms. The van der Waals surface area contributed by atoms with Crippen molar-refractivity contribution in [2.24, 2.45) is 0 Å². The molecule has 1 amide bonds. The molecule has 3 rings (SSSR count).